The number of likely N-dealkylation sites (N-methyl/N-ethyl adjacent to an activating group) is 1. The molecule has 1 aliphatic heterocycles. The van der Waals surface area contributed by atoms with Gasteiger partial charge in [0.05, 0.1) is 12.3 Å². The summed E-state index contributed by atoms with van der Waals surface area (Å²) in [4.78, 5) is 13.3. The molecule has 1 heterocycles. The summed E-state index contributed by atoms with van der Waals surface area (Å²) in [5.41, 5.74) is 4.11. The van der Waals surface area contributed by atoms with Crippen LogP contribution in [0.25, 0.3) is 0 Å². The first-order valence-electron chi connectivity index (χ1n) is 5.94. The predicted molar refractivity (Wildman–Crippen MR) is 71.5 cm³/mol. The van der Waals surface area contributed by atoms with Crippen LogP contribution in [0.15, 0.2) is 23.3 Å². The molecular weight excluding hydrogens is 246 g/mol. The summed E-state index contributed by atoms with van der Waals surface area (Å²) in [5, 5.41) is 4.07. The third kappa shape index (κ3) is 3.45. The number of hydrogen-bond acceptors (Lipinski definition) is 5. The van der Waals surface area contributed by atoms with Crippen LogP contribution in [-0.2, 0) is 4.79 Å². The predicted octanol–water partition coefficient (Wildman–Crippen LogP) is 0.817. The van der Waals surface area contributed by atoms with Crippen molar-refractivity contribution >= 4 is 11.6 Å². The topological polar surface area (TPSA) is 63.2 Å². The van der Waals surface area contributed by atoms with E-state index < -0.39 is 0 Å². The molecule has 1 aliphatic rings. The highest BCUT2D eigenvalue weighted by Crippen LogP contribution is 2.32. The fourth-order valence-corrected chi connectivity index (χ4v) is 1.65. The number of amides is 1. The van der Waals surface area contributed by atoms with Crippen molar-refractivity contribution in [3.8, 4) is 11.5 Å². The molecule has 0 fully saturated rings. The van der Waals surface area contributed by atoms with Crippen LogP contribution in [0.2, 0.25) is 0 Å². The molecule has 102 valence electrons. The summed E-state index contributed by atoms with van der Waals surface area (Å²) in [6, 6.07) is 5.56. The van der Waals surface area contributed by atoms with Crippen molar-refractivity contribution in [2.75, 3.05) is 27.4 Å². The van der Waals surface area contributed by atoms with E-state index >= 15 is 0 Å². The van der Waals surface area contributed by atoms with Crippen molar-refractivity contribution in [3.05, 3.63) is 23.8 Å². The number of hydrazone groups is 1. The fraction of sp³-hybridized carbons (Fsp3) is 0.385. The summed E-state index contributed by atoms with van der Waals surface area (Å²) in [6.07, 6.45) is 0. The minimum Gasteiger partial charge on any atom is -0.454 e. The van der Waals surface area contributed by atoms with E-state index in [1.807, 2.05) is 39.2 Å². The van der Waals surface area contributed by atoms with Gasteiger partial charge in [0.2, 0.25) is 6.79 Å². The number of nitrogens with one attached hydrogen (secondary N) is 1. The number of benzene rings is 1. The lowest BCUT2D eigenvalue weighted by molar-refractivity contribution is -0.121. The van der Waals surface area contributed by atoms with Gasteiger partial charge in [0.25, 0.3) is 5.91 Å². The van der Waals surface area contributed by atoms with Gasteiger partial charge in [-0.2, -0.15) is 5.10 Å². The Hall–Kier alpha value is -2.08. The van der Waals surface area contributed by atoms with E-state index in [2.05, 4.69) is 10.5 Å². The first-order chi connectivity index (χ1) is 9.06. The van der Waals surface area contributed by atoms with E-state index in [1.165, 1.54) is 0 Å². The van der Waals surface area contributed by atoms with Crippen LogP contribution in [0.3, 0.4) is 0 Å². The molecule has 0 saturated carbocycles. The Morgan fingerprint density at radius 3 is 2.84 bits per heavy atom. The van der Waals surface area contributed by atoms with Gasteiger partial charge in [-0.25, -0.2) is 5.43 Å². The smallest absolute Gasteiger partial charge is 0.254 e. The van der Waals surface area contributed by atoms with Gasteiger partial charge in [-0.15, -0.1) is 0 Å². The maximum Gasteiger partial charge on any atom is 0.254 e. The molecule has 1 aromatic rings. The summed E-state index contributed by atoms with van der Waals surface area (Å²) < 4.78 is 10.5. The van der Waals surface area contributed by atoms with E-state index in [0.29, 0.717) is 18.0 Å². The van der Waals surface area contributed by atoms with E-state index in [4.69, 9.17) is 9.47 Å². The first kappa shape index (κ1) is 13.4. The normalized spacial score (nSPS) is 13.8. The SMILES string of the molecule is C/C(=N\NC(=O)CN(C)C)c1ccc2c(c1)OCO2. The first-order valence-corrected chi connectivity index (χ1v) is 5.94. The molecule has 19 heavy (non-hydrogen) atoms. The van der Waals surface area contributed by atoms with Gasteiger partial charge in [-0.05, 0) is 39.2 Å². The lowest BCUT2D eigenvalue weighted by Crippen LogP contribution is -2.30. The van der Waals surface area contributed by atoms with Gasteiger partial charge in [0.1, 0.15) is 0 Å². The average molecular weight is 263 g/mol. The monoisotopic (exact) mass is 263 g/mol. The zero-order valence-corrected chi connectivity index (χ0v) is 11.3. The van der Waals surface area contributed by atoms with Crippen molar-refractivity contribution < 1.29 is 14.3 Å². The molecule has 0 unspecified atom stereocenters. The van der Waals surface area contributed by atoms with E-state index in [1.54, 1.807) is 4.90 Å². The molecule has 6 heteroatoms. The maximum absolute atomic E-state index is 11.5. The Morgan fingerprint density at radius 2 is 2.11 bits per heavy atom. The Kier molecular flexibility index (Phi) is 4.01. The van der Waals surface area contributed by atoms with Gasteiger partial charge in [-0.3, -0.25) is 4.79 Å². The highest BCUT2D eigenvalue weighted by atomic mass is 16.7. The molecule has 0 atom stereocenters. The maximum atomic E-state index is 11.5. The zero-order chi connectivity index (χ0) is 13.8. The molecule has 0 spiro atoms. The second-order valence-corrected chi connectivity index (χ2v) is 4.54. The summed E-state index contributed by atoms with van der Waals surface area (Å²) in [5.74, 6) is 1.28. The van der Waals surface area contributed by atoms with Crippen molar-refractivity contribution in [2.45, 2.75) is 6.92 Å². The number of ether oxygens (including phenoxy) is 2. The lowest BCUT2D eigenvalue weighted by atomic mass is 10.1. The highest BCUT2D eigenvalue weighted by Gasteiger charge is 2.14. The van der Waals surface area contributed by atoms with Gasteiger partial charge >= 0.3 is 0 Å². The molecule has 1 N–H and O–H groups in total. The van der Waals surface area contributed by atoms with Crippen molar-refractivity contribution in [1.82, 2.24) is 10.3 Å². The van der Waals surface area contributed by atoms with Crippen LogP contribution in [0.1, 0.15) is 12.5 Å². The lowest BCUT2D eigenvalue weighted by Gasteiger charge is -2.08. The minimum atomic E-state index is -0.148. The van der Waals surface area contributed by atoms with Crippen molar-refractivity contribution in [3.63, 3.8) is 0 Å². The highest BCUT2D eigenvalue weighted by molar-refractivity contribution is 5.99. The molecule has 0 aromatic heterocycles. The van der Waals surface area contributed by atoms with E-state index in [0.717, 1.165) is 11.3 Å². The summed E-state index contributed by atoms with van der Waals surface area (Å²) >= 11 is 0. The number of nitrogens with zero attached hydrogens (tertiary/aromatic N) is 2. The molecular formula is C13H17N3O3. The second kappa shape index (κ2) is 5.71. The zero-order valence-electron chi connectivity index (χ0n) is 11.3. The van der Waals surface area contributed by atoms with Crippen molar-refractivity contribution in [1.29, 1.82) is 0 Å². The largest absolute Gasteiger partial charge is 0.454 e. The van der Waals surface area contributed by atoms with Gasteiger partial charge in [0.15, 0.2) is 11.5 Å². The van der Waals surface area contributed by atoms with Crippen LogP contribution < -0.4 is 14.9 Å². The van der Waals surface area contributed by atoms with Crippen LogP contribution in [0, 0.1) is 0 Å². The number of rotatable bonds is 4. The van der Waals surface area contributed by atoms with Crippen LogP contribution in [-0.4, -0.2) is 44.0 Å². The molecule has 0 aliphatic carbocycles. The Bertz CT molecular complexity index is 512. The fourth-order valence-electron chi connectivity index (χ4n) is 1.65. The molecule has 0 saturated heterocycles. The molecule has 6 nitrogen and oxygen atoms in total. The van der Waals surface area contributed by atoms with E-state index in [-0.39, 0.29) is 12.7 Å². The van der Waals surface area contributed by atoms with Crippen LogP contribution >= 0.6 is 0 Å². The summed E-state index contributed by atoms with van der Waals surface area (Å²) in [6.45, 7) is 2.37. The van der Waals surface area contributed by atoms with E-state index in [9.17, 15) is 4.79 Å². The molecule has 1 amide bonds. The van der Waals surface area contributed by atoms with Crippen LogP contribution in [0.5, 0.6) is 11.5 Å². The number of fused-ring (bicyclic) bond motifs is 1. The Morgan fingerprint density at radius 1 is 1.37 bits per heavy atom. The number of carbonyl (C=O) groups excluding carboxylic acids is 1. The molecule has 0 radical (unpaired) electrons. The third-order valence-corrected chi connectivity index (χ3v) is 2.60. The average Bonchev–Trinajstić information content (AvgIpc) is 2.82. The van der Waals surface area contributed by atoms with Crippen molar-refractivity contribution in [2.24, 2.45) is 5.10 Å². The van der Waals surface area contributed by atoms with Crippen LogP contribution in [0.4, 0.5) is 0 Å². The van der Waals surface area contributed by atoms with Gasteiger partial charge < -0.3 is 14.4 Å². The molecule has 0 bridgehead atoms. The minimum absolute atomic E-state index is 0.148. The van der Waals surface area contributed by atoms with Gasteiger partial charge in [-0.1, -0.05) is 0 Å². The standard InChI is InChI=1S/C13H17N3O3/c1-9(14-15-13(17)7-16(2)3)10-4-5-11-12(6-10)19-8-18-11/h4-6H,7-8H2,1-3H3,(H,15,17)/b14-9+. The quantitative estimate of drug-likeness (QED) is 0.645. The Balaban J connectivity index is 2.03. The Labute approximate surface area is 112 Å². The van der Waals surface area contributed by atoms with Gasteiger partial charge in [0, 0.05) is 5.56 Å². The second-order valence-electron chi connectivity index (χ2n) is 4.54. The molecule has 2 rings (SSSR count). The molecule has 1 aromatic carbocycles. The summed E-state index contributed by atoms with van der Waals surface area (Å²) in [7, 11) is 3.65. The third-order valence-electron chi connectivity index (χ3n) is 2.60. The number of hydrogen-bond donors (Lipinski definition) is 1. The number of carbonyl (C=O) groups is 1.